The van der Waals surface area contributed by atoms with Gasteiger partial charge in [-0.05, 0) is 26.0 Å². The number of aromatic nitrogens is 2. The summed E-state index contributed by atoms with van der Waals surface area (Å²) in [5.41, 5.74) is 6.23. The summed E-state index contributed by atoms with van der Waals surface area (Å²) in [5.74, 6) is -3.07. The second-order valence-electron chi connectivity index (χ2n) is 3.89. The lowest BCUT2D eigenvalue weighted by atomic mass is 10.1. The van der Waals surface area contributed by atoms with Crippen LogP contribution in [0, 0.1) is 24.4 Å². The molecule has 2 N–H and O–H groups in total. The van der Waals surface area contributed by atoms with Gasteiger partial charge in [-0.15, -0.1) is 0 Å². The molecule has 1 aromatic carbocycles. The monoisotopic (exact) mass is 255 g/mol. The van der Waals surface area contributed by atoms with E-state index in [1.807, 2.05) is 6.92 Å². The second-order valence-corrected chi connectivity index (χ2v) is 3.89. The fourth-order valence-corrected chi connectivity index (χ4v) is 1.89. The third-order valence-corrected chi connectivity index (χ3v) is 2.77. The van der Waals surface area contributed by atoms with Gasteiger partial charge in [0.15, 0.2) is 17.5 Å². The van der Waals surface area contributed by atoms with Gasteiger partial charge in [0.05, 0.1) is 0 Å². The Labute approximate surface area is 102 Å². The molecule has 0 bridgehead atoms. The Kier molecular flexibility index (Phi) is 3.02. The number of hydrogen-bond donors (Lipinski definition) is 1. The summed E-state index contributed by atoms with van der Waals surface area (Å²) in [5, 5.41) is 0. The van der Waals surface area contributed by atoms with Crippen LogP contribution in [0.15, 0.2) is 12.1 Å². The van der Waals surface area contributed by atoms with Crippen LogP contribution in [-0.4, -0.2) is 9.55 Å². The van der Waals surface area contributed by atoms with Gasteiger partial charge in [0.1, 0.15) is 17.3 Å². The molecule has 0 amide bonds. The third-order valence-electron chi connectivity index (χ3n) is 2.77. The molecule has 0 spiro atoms. The molecular weight excluding hydrogens is 243 g/mol. The van der Waals surface area contributed by atoms with E-state index < -0.39 is 17.5 Å². The molecular formula is C12H12F3N3. The van der Waals surface area contributed by atoms with Gasteiger partial charge in [-0.3, -0.25) is 0 Å². The minimum Gasteiger partial charge on any atom is -0.383 e. The van der Waals surface area contributed by atoms with Gasteiger partial charge in [-0.2, -0.15) is 0 Å². The van der Waals surface area contributed by atoms with Crippen LogP contribution >= 0.6 is 0 Å². The second kappa shape index (κ2) is 4.36. The van der Waals surface area contributed by atoms with Crippen LogP contribution in [0.5, 0.6) is 0 Å². The van der Waals surface area contributed by atoms with Gasteiger partial charge >= 0.3 is 0 Å². The molecule has 3 nitrogen and oxygen atoms in total. The van der Waals surface area contributed by atoms with Gasteiger partial charge in [0.2, 0.25) is 0 Å². The van der Waals surface area contributed by atoms with Crippen LogP contribution in [0.25, 0.3) is 11.3 Å². The quantitative estimate of drug-likeness (QED) is 0.838. The first kappa shape index (κ1) is 12.5. The van der Waals surface area contributed by atoms with Crippen molar-refractivity contribution in [3.8, 4) is 11.3 Å². The van der Waals surface area contributed by atoms with E-state index in [2.05, 4.69) is 4.98 Å². The number of benzene rings is 1. The smallest absolute Gasteiger partial charge is 0.194 e. The van der Waals surface area contributed by atoms with E-state index in [9.17, 15) is 13.2 Å². The number of nitrogen functional groups attached to an aromatic ring is 1. The lowest BCUT2D eigenvalue weighted by Gasteiger charge is -2.04. The van der Waals surface area contributed by atoms with E-state index in [1.165, 1.54) is 0 Å². The zero-order valence-electron chi connectivity index (χ0n) is 9.97. The first-order valence-electron chi connectivity index (χ1n) is 5.43. The Morgan fingerprint density at radius 3 is 2.22 bits per heavy atom. The SMILES string of the molecule is CCn1c(C)nc(-c2cc(F)c(F)c(F)c2)c1N. The van der Waals surface area contributed by atoms with Crippen molar-refractivity contribution in [2.45, 2.75) is 20.4 Å². The van der Waals surface area contributed by atoms with Crippen LogP contribution in [0.1, 0.15) is 12.7 Å². The number of halogens is 3. The summed E-state index contributed by atoms with van der Waals surface area (Å²) in [6.07, 6.45) is 0. The Morgan fingerprint density at radius 1 is 1.22 bits per heavy atom. The summed E-state index contributed by atoms with van der Waals surface area (Å²) in [6.45, 7) is 4.21. The Hall–Kier alpha value is -1.98. The minimum absolute atomic E-state index is 0.124. The first-order valence-corrected chi connectivity index (χ1v) is 5.43. The third kappa shape index (κ3) is 1.83. The van der Waals surface area contributed by atoms with E-state index >= 15 is 0 Å². The molecule has 0 radical (unpaired) electrons. The number of nitrogens with two attached hydrogens (primary N) is 1. The molecule has 1 aromatic heterocycles. The molecule has 96 valence electrons. The fraction of sp³-hybridized carbons (Fsp3) is 0.250. The molecule has 2 rings (SSSR count). The lowest BCUT2D eigenvalue weighted by molar-refractivity contribution is 0.447. The number of anilines is 1. The van der Waals surface area contributed by atoms with Gasteiger partial charge in [0.25, 0.3) is 0 Å². The highest BCUT2D eigenvalue weighted by Crippen LogP contribution is 2.28. The standard InChI is InChI=1S/C12H12F3N3/c1-3-18-6(2)17-11(12(18)16)7-4-8(13)10(15)9(14)5-7/h4-5H,3,16H2,1-2H3. The average molecular weight is 255 g/mol. The average Bonchev–Trinajstić information content (AvgIpc) is 2.60. The minimum atomic E-state index is -1.50. The molecule has 0 fully saturated rings. The molecule has 0 saturated carbocycles. The maximum absolute atomic E-state index is 13.2. The molecule has 18 heavy (non-hydrogen) atoms. The van der Waals surface area contributed by atoms with Crippen LogP contribution in [-0.2, 0) is 6.54 Å². The molecule has 0 aliphatic carbocycles. The zero-order chi connectivity index (χ0) is 13.4. The van der Waals surface area contributed by atoms with E-state index in [0.717, 1.165) is 12.1 Å². The Balaban J connectivity index is 2.63. The van der Waals surface area contributed by atoms with Crippen molar-refractivity contribution in [3.63, 3.8) is 0 Å². The largest absolute Gasteiger partial charge is 0.383 e. The van der Waals surface area contributed by atoms with E-state index in [1.54, 1.807) is 11.5 Å². The van der Waals surface area contributed by atoms with Gasteiger partial charge < -0.3 is 10.3 Å². The summed E-state index contributed by atoms with van der Waals surface area (Å²) < 4.78 is 40.9. The lowest BCUT2D eigenvalue weighted by Crippen LogP contribution is -2.02. The molecule has 0 unspecified atom stereocenters. The highest BCUT2D eigenvalue weighted by molar-refractivity contribution is 5.71. The number of rotatable bonds is 2. The molecule has 0 saturated heterocycles. The molecule has 0 aliphatic heterocycles. The summed E-state index contributed by atoms with van der Waals surface area (Å²) in [7, 11) is 0. The van der Waals surface area contributed by atoms with E-state index in [-0.39, 0.29) is 11.3 Å². The number of aryl methyl sites for hydroxylation is 1. The van der Waals surface area contributed by atoms with Gasteiger partial charge in [-0.25, -0.2) is 18.2 Å². The highest BCUT2D eigenvalue weighted by Gasteiger charge is 2.17. The van der Waals surface area contributed by atoms with Crippen LogP contribution in [0.2, 0.25) is 0 Å². The summed E-state index contributed by atoms with van der Waals surface area (Å²) in [4.78, 5) is 4.15. The van der Waals surface area contributed by atoms with Crippen molar-refractivity contribution in [2.24, 2.45) is 0 Å². The van der Waals surface area contributed by atoms with E-state index in [4.69, 9.17) is 5.73 Å². The number of nitrogens with zero attached hydrogens (tertiary/aromatic N) is 2. The zero-order valence-corrected chi connectivity index (χ0v) is 9.97. The van der Waals surface area contributed by atoms with Crippen molar-refractivity contribution in [2.75, 3.05) is 5.73 Å². The van der Waals surface area contributed by atoms with Crippen LogP contribution in [0.4, 0.5) is 19.0 Å². The first-order chi connectivity index (χ1) is 8.45. The van der Waals surface area contributed by atoms with Gasteiger partial charge in [0, 0.05) is 12.1 Å². The van der Waals surface area contributed by atoms with Crippen molar-refractivity contribution < 1.29 is 13.2 Å². The Morgan fingerprint density at radius 2 is 1.78 bits per heavy atom. The fourth-order valence-electron chi connectivity index (χ4n) is 1.89. The number of hydrogen-bond acceptors (Lipinski definition) is 2. The summed E-state index contributed by atoms with van der Waals surface area (Å²) >= 11 is 0. The number of imidazole rings is 1. The predicted molar refractivity (Wildman–Crippen MR) is 62.4 cm³/mol. The van der Waals surface area contributed by atoms with Crippen LogP contribution in [0.3, 0.4) is 0 Å². The molecule has 2 aromatic rings. The normalized spacial score (nSPS) is 10.9. The maximum Gasteiger partial charge on any atom is 0.194 e. The molecule has 1 heterocycles. The van der Waals surface area contributed by atoms with Crippen molar-refractivity contribution in [1.82, 2.24) is 9.55 Å². The highest BCUT2D eigenvalue weighted by atomic mass is 19.2. The van der Waals surface area contributed by atoms with Crippen molar-refractivity contribution in [3.05, 3.63) is 35.4 Å². The Bertz CT molecular complexity index is 582. The molecule has 0 aliphatic rings. The van der Waals surface area contributed by atoms with Crippen molar-refractivity contribution in [1.29, 1.82) is 0 Å². The van der Waals surface area contributed by atoms with E-state index in [0.29, 0.717) is 18.2 Å². The van der Waals surface area contributed by atoms with Crippen molar-refractivity contribution >= 4 is 5.82 Å². The van der Waals surface area contributed by atoms with Gasteiger partial charge in [-0.1, -0.05) is 0 Å². The maximum atomic E-state index is 13.2. The summed E-state index contributed by atoms with van der Waals surface area (Å²) in [6, 6.07) is 1.77. The predicted octanol–water partition coefficient (Wildman–Crippen LogP) is 2.88. The topological polar surface area (TPSA) is 43.8 Å². The molecule has 6 heteroatoms. The molecule has 0 atom stereocenters. The van der Waals surface area contributed by atoms with Crippen LogP contribution < -0.4 is 5.73 Å².